The number of para-hydroxylation sites is 1. The molecule has 1 saturated heterocycles. The highest BCUT2D eigenvalue weighted by molar-refractivity contribution is 6.13. The zero-order valence-corrected chi connectivity index (χ0v) is 18.4. The molecule has 7 nitrogen and oxygen atoms in total. The third-order valence-electron chi connectivity index (χ3n) is 5.69. The van der Waals surface area contributed by atoms with Crippen molar-refractivity contribution in [3.05, 3.63) is 90.9 Å². The number of anilines is 1. The Kier molecular flexibility index (Phi) is 7.09. The Morgan fingerprint density at radius 2 is 1.91 bits per heavy atom. The zero-order valence-electron chi connectivity index (χ0n) is 18.4. The molecule has 2 aromatic carbocycles. The van der Waals surface area contributed by atoms with Crippen molar-refractivity contribution in [1.82, 2.24) is 14.9 Å². The van der Waals surface area contributed by atoms with Crippen molar-refractivity contribution in [2.75, 3.05) is 18.4 Å². The molecule has 33 heavy (non-hydrogen) atoms. The third kappa shape index (κ3) is 5.44. The van der Waals surface area contributed by atoms with Gasteiger partial charge in [0.05, 0.1) is 11.3 Å². The lowest BCUT2D eigenvalue weighted by molar-refractivity contribution is -0.129. The van der Waals surface area contributed by atoms with Crippen LogP contribution in [0, 0.1) is 5.41 Å². The van der Waals surface area contributed by atoms with Crippen molar-refractivity contribution in [2.45, 2.75) is 25.3 Å². The number of amides is 1. The fraction of sp³-hybridized carbons (Fsp3) is 0.231. The van der Waals surface area contributed by atoms with Crippen molar-refractivity contribution < 1.29 is 9.53 Å². The molecule has 7 heteroatoms. The predicted octanol–water partition coefficient (Wildman–Crippen LogP) is 4.66. The summed E-state index contributed by atoms with van der Waals surface area (Å²) in [5.41, 5.74) is 1.65. The van der Waals surface area contributed by atoms with Gasteiger partial charge in [-0.15, -0.1) is 0 Å². The molecule has 3 aromatic rings. The van der Waals surface area contributed by atoms with Gasteiger partial charge in [-0.1, -0.05) is 24.8 Å². The number of piperidine rings is 1. The van der Waals surface area contributed by atoms with E-state index >= 15 is 0 Å². The Labute approximate surface area is 193 Å². The van der Waals surface area contributed by atoms with E-state index in [4.69, 9.17) is 10.1 Å². The van der Waals surface area contributed by atoms with Crippen molar-refractivity contribution >= 4 is 17.4 Å². The topological polar surface area (TPSA) is 91.2 Å². The summed E-state index contributed by atoms with van der Waals surface area (Å²) in [6.45, 7) is 4.91. The Bertz CT molecular complexity index is 1120. The highest BCUT2D eigenvalue weighted by Gasteiger charge is 2.25. The average Bonchev–Trinajstić information content (AvgIpc) is 2.88. The van der Waals surface area contributed by atoms with Crippen LogP contribution in [0.15, 0.2) is 79.8 Å². The number of aromatic nitrogens is 2. The highest BCUT2D eigenvalue weighted by Crippen LogP contribution is 2.24. The molecule has 1 aliphatic heterocycles. The molecule has 0 aliphatic carbocycles. The molecule has 0 bridgehead atoms. The molecule has 4 rings (SSSR count). The summed E-state index contributed by atoms with van der Waals surface area (Å²) < 4.78 is 5.84. The molecular weight excluding hydrogens is 414 g/mol. The van der Waals surface area contributed by atoms with Crippen molar-refractivity contribution in [3.8, 4) is 11.5 Å². The second-order valence-electron chi connectivity index (χ2n) is 7.87. The average molecular weight is 442 g/mol. The van der Waals surface area contributed by atoms with Gasteiger partial charge in [-0.3, -0.25) is 10.2 Å². The third-order valence-corrected chi connectivity index (χ3v) is 5.69. The first kappa shape index (κ1) is 22.2. The van der Waals surface area contributed by atoms with E-state index in [-0.39, 0.29) is 11.9 Å². The monoisotopic (exact) mass is 441 g/mol. The number of likely N-dealkylation sites (tertiary alicyclic amines) is 1. The first-order valence-electron chi connectivity index (χ1n) is 11.0. The number of carbonyl (C=O) groups excluding carboxylic acids is 1. The van der Waals surface area contributed by atoms with Crippen molar-refractivity contribution in [2.24, 2.45) is 0 Å². The van der Waals surface area contributed by atoms with Gasteiger partial charge in [-0.2, -0.15) is 0 Å². The molecule has 0 saturated carbocycles. The number of rotatable bonds is 8. The molecule has 1 atom stereocenters. The molecule has 1 fully saturated rings. The van der Waals surface area contributed by atoms with E-state index in [0.29, 0.717) is 29.4 Å². The maximum atomic E-state index is 12.2. The van der Waals surface area contributed by atoms with Crippen molar-refractivity contribution in [1.29, 1.82) is 5.41 Å². The van der Waals surface area contributed by atoms with Gasteiger partial charge in [-0.25, -0.2) is 9.97 Å². The molecule has 1 amide bonds. The fourth-order valence-electron chi connectivity index (χ4n) is 3.96. The minimum absolute atomic E-state index is 0.0463. The largest absolute Gasteiger partial charge is 0.457 e. The molecule has 0 unspecified atom stereocenters. The number of benzene rings is 2. The smallest absolute Gasteiger partial charge is 0.246 e. The number of nitrogens with zero attached hydrogens (tertiary/aromatic N) is 3. The SMILES string of the molecule is C=CC(=O)N1CCCC[C@@H]1CNc1ncncc1C(=N)c1ccc(Oc2ccccc2)cc1. The molecule has 2 heterocycles. The number of nitrogens with one attached hydrogen (secondary N) is 2. The van der Waals surface area contributed by atoms with Gasteiger partial charge < -0.3 is 15.0 Å². The normalized spacial score (nSPS) is 15.5. The van der Waals surface area contributed by atoms with E-state index in [1.807, 2.05) is 59.5 Å². The van der Waals surface area contributed by atoms with Crippen LogP contribution in [0.1, 0.15) is 30.4 Å². The number of hydrogen-bond donors (Lipinski definition) is 2. The second kappa shape index (κ2) is 10.5. The van der Waals surface area contributed by atoms with Crippen LogP contribution in [-0.4, -0.2) is 45.6 Å². The Morgan fingerprint density at radius 3 is 2.67 bits per heavy atom. The van der Waals surface area contributed by atoms with Gasteiger partial charge in [0.25, 0.3) is 0 Å². The molecule has 168 valence electrons. The summed E-state index contributed by atoms with van der Waals surface area (Å²) in [6.07, 6.45) is 7.48. The Morgan fingerprint density at radius 1 is 1.15 bits per heavy atom. The summed E-state index contributed by atoms with van der Waals surface area (Å²) in [4.78, 5) is 22.5. The maximum Gasteiger partial charge on any atom is 0.246 e. The van der Waals surface area contributed by atoms with E-state index < -0.39 is 0 Å². The van der Waals surface area contributed by atoms with E-state index in [1.54, 1.807) is 6.20 Å². The molecular formula is C26H27N5O2. The van der Waals surface area contributed by atoms with Crippen LogP contribution >= 0.6 is 0 Å². The van der Waals surface area contributed by atoms with E-state index in [2.05, 4.69) is 21.9 Å². The molecule has 0 radical (unpaired) electrons. The summed E-state index contributed by atoms with van der Waals surface area (Å²) in [6, 6.07) is 17.0. The van der Waals surface area contributed by atoms with E-state index in [0.717, 1.165) is 37.1 Å². The standard InChI is InChI=1S/C26H27N5O2/c1-2-24(32)31-15-7-6-8-20(31)16-29-26-23(17-28-18-30-26)25(27)19-11-13-22(14-12-19)33-21-9-4-3-5-10-21/h2-5,9-14,17-18,20,27H,1,6-8,15-16H2,(H,28,29,30)/t20-/m1/s1. The predicted molar refractivity (Wildman–Crippen MR) is 129 cm³/mol. The second-order valence-corrected chi connectivity index (χ2v) is 7.87. The first-order chi connectivity index (χ1) is 16.2. The Balaban J connectivity index is 1.46. The van der Waals surface area contributed by atoms with Gasteiger partial charge in [0.2, 0.25) is 5.91 Å². The van der Waals surface area contributed by atoms with Gasteiger partial charge in [0.15, 0.2) is 0 Å². The van der Waals surface area contributed by atoms with Gasteiger partial charge >= 0.3 is 0 Å². The van der Waals surface area contributed by atoms with Crippen LogP contribution in [0.25, 0.3) is 0 Å². The number of ether oxygens (including phenoxy) is 1. The fourth-order valence-corrected chi connectivity index (χ4v) is 3.96. The van der Waals surface area contributed by atoms with Gasteiger partial charge in [-0.05, 0) is 61.7 Å². The number of carbonyl (C=O) groups is 1. The van der Waals surface area contributed by atoms with Crippen molar-refractivity contribution in [3.63, 3.8) is 0 Å². The zero-order chi connectivity index (χ0) is 23.0. The number of hydrogen-bond acceptors (Lipinski definition) is 6. The minimum Gasteiger partial charge on any atom is -0.457 e. The van der Waals surface area contributed by atoms with E-state index in [1.165, 1.54) is 12.4 Å². The molecule has 1 aromatic heterocycles. The Hall–Kier alpha value is -4.00. The molecule has 2 N–H and O–H groups in total. The maximum absolute atomic E-state index is 12.2. The van der Waals surface area contributed by atoms with Gasteiger partial charge in [0, 0.05) is 30.9 Å². The molecule has 1 aliphatic rings. The quantitative estimate of drug-likeness (QED) is 0.392. The van der Waals surface area contributed by atoms with Crippen LogP contribution in [-0.2, 0) is 4.79 Å². The van der Waals surface area contributed by atoms with Crippen LogP contribution in [0.3, 0.4) is 0 Å². The summed E-state index contributed by atoms with van der Waals surface area (Å²) in [5.74, 6) is 1.99. The lowest BCUT2D eigenvalue weighted by Gasteiger charge is -2.35. The first-order valence-corrected chi connectivity index (χ1v) is 11.0. The van der Waals surface area contributed by atoms with E-state index in [9.17, 15) is 4.79 Å². The highest BCUT2D eigenvalue weighted by atomic mass is 16.5. The van der Waals surface area contributed by atoms with Crippen LogP contribution in [0.4, 0.5) is 5.82 Å². The van der Waals surface area contributed by atoms with Crippen LogP contribution < -0.4 is 10.1 Å². The molecule has 0 spiro atoms. The van der Waals surface area contributed by atoms with Crippen LogP contribution in [0.5, 0.6) is 11.5 Å². The van der Waals surface area contributed by atoms with Crippen LogP contribution in [0.2, 0.25) is 0 Å². The summed E-state index contributed by atoms with van der Waals surface area (Å²) in [7, 11) is 0. The lowest BCUT2D eigenvalue weighted by Crippen LogP contribution is -2.46. The van der Waals surface area contributed by atoms with Gasteiger partial charge in [0.1, 0.15) is 23.6 Å². The minimum atomic E-state index is -0.0463. The summed E-state index contributed by atoms with van der Waals surface area (Å²) >= 11 is 0. The summed E-state index contributed by atoms with van der Waals surface area (Å²) in [5, 5.41) is 12.1. The lowest BCUT2D eigenvalue weighted by atomic mass is 10.0.